The Morgan fingerprint density at radius 1 is 1.05 bits per heavy atom. The van der Waals surface area contributed by atoms with E-state index in [1.54, 1.807) is 6.08 Å². The molecule has 0 aromatic heterocycles. The van der Waals surface area contributed by atoms with Crippen LogP contribution in [0.1, 0.15) is 77.6 Å². The molecule has 0 aliphatic carbocycles. The second-order valence-electron chi connectivity index (χ2n) is 5.59. The molecule has 2 amide bonds. The highest BCUT2D eigenvalue weighted by Gasteiger charge is 2.31. The molecule has 116 valence electrons. The topological polar surface area (TPSA) is 61.2 Å². The predicted molar refractivity (Wildman–Crippen MR) is 82.0 cm³/mol. The van der Waals surface area contributed by atoms with E-state index in [1.165, 1.54) is 38.5 Å². The molecule has 0 unspecified atom stereocenters. The minimum Gasteiger partial charge on any atom is -0.274 e. The van der Waals surface area contributed by atoms with E-state index in [-0.39, 0.29) is 30.4 Å². The Balaban J connectivity index is 2.21. The molecule has 0 N–H and O–H groups in total. The summed E-state index contributed by atoms with van der Waals surface area (Å²) in [6, 6.07) is 1.98. The van der Waals surface area contributed by atoms with Crippen LogP contribution in [0.4, 0.5) is 0 Å². The molecule has 21 heavy (non-hydrogen) atoms. The SMILES string of the molecule is CCCCCCCCCC/C=C(\C#N)N1C(=O)CCC1=O. The molecular weight excluding hydrogens is 264 g/mol. The third-order valence-corrected chi connectivity index (χ3v) is 3.80. The van der Waals surface area contributed by atoms with Gasteiger partial charge in [0, 0.05) is 12.8 Å². The summed E-state index contributed by atoms with van der Waals surface area (Å²) < 4.78 is 0. The summed E-state index contributed by atoms with van der Waals surface area (Å²) in [5.41, 5.74) is 0.213. The van der Waals surface area contributed by atoms with E-state index < -0.39 is 0 Å². The van der Waals surface area contributed by atoms with E-state index >= 15 is 0 Å². The van der Waals surface area contributed by atoms with Crippen LogP contribution >= 0.6 is 0 Å². The summed E-state index contributed by atoms with van der Waals surface area (Å²) in [6.45, 7) is 2.22. The Hall–Kier alpha value is -1.63. The molecule has 4 heteroatoms. The number of nitriles is 1. The van der Waals surface area contributed by atoms with Gasteiger partial charge in [0.05, 0.1) is 0 Å². The van der Waals surface area contributed by atoms with Crippen LogP contribution in [0.2, 0.25) is 0 Å². The van der Waals surface area contributed by atoms with Gasteiger partial charge < -0.3 is 0 Å². The van der Waals surface area contributed by atoms with Crippen LogP contribution in [0.5, 0.6) is 0 Å². The number of likely N-dealkylation sites (tertiary alicyclic amines) is 1. The number of allylic oxidation sites excluding steroid dienone is 2. The van der Waals surface area contributed by atoms with Gasteiger partial charge in [-0.1, -0.05) is 51.9 Å². The number of nitrogens with zero attached hydrogens (tertiary/aromatic N) is 2. The van der Waals surface area contributed by atoms with Crippen LogP contribution in [-0.2, 0) is 9.59 Å². The number of hydrogen-bond donors (Lipinski definition) is 0. The van der Waals surface area contributed by atoms with Crippen molar-refractivity contribution in [3.05, 3.63) is 11.8 Å². The molecule has 0 aromatic carbocycles. The van der Waals surface area contributed by atoms with Crippen molar-refractivity contribution in [2.24, 2.45) is 0 Å². The lowest BCUT2D eigenvalue weighted by Gasteiger charge is -2.11. The number of rotatable bonds is 10. The predicted octanol–water partition coefficient (Wildman–Crippen LogP) is 4.07. The van der Waals surface area contributed by atoms with Gasteiger partial charge in [0.25, 0.3) is 0 Å². The highest BCUT2D eigenvalue weighted by molar-refractivity contribution is 6.04. The summed E-state index contributed by atoms with van der Waals surface area (Å²) >= 11 is 0. The number of unbranched alkanes of at least 4 members (excludes halogenated alkanes) is 8. The van der Waals surface area contributed by atoms with Gasteiger partial charge >= 0.3 is 0 Å². The summed E-state index contributed by atoms with van der Waals surface area (Å²) in [7, 11) is 0. The molecule has 1 aliphatic rings. The van der Waals surface area contributed by atoms with Gasteiger partial charge in [-0.15, -0.1) is 0 Å². The largest absolute Gasteiger partial charge is 0.274 e. The summed E-state index contributed by atoms with van der Waals surface area (Å²) in [6.07, 6.45) is 12.8. The van der Waals surface area contributed by atoms with Crippen molar-refractivity contribution >= 4 is 11.8 Å². The molecule has 1 aliphatic heterocycles. The molecule has 0 spiro atoms. The first-order chi connectivity index (χ1) is 10.2. The molecular formula is C17H26N2O2. The van der Waals surface area contributed by atoms with Crippen molar-refractivity contribution in [1.29, 1.82) is 5.26 Å². The zero-order valence-electron chi connectivity index (χ0n) is 13.1. The van der Waals surface area contributed by atoms with E-state index in [4.69, 9.17) is 5.26 Å². The first kappa shape index (κ1) is 17.4. The van der Waals surface area contributed by atoms with Crippen molar-refractivity contribution in [2.45, 2.75) is 77.6 Å². The van der Waals surface area contributed by atoms with Gasteiger partial charge in [0.15, 0.2) is 0 Å². The fraction of sp³-hybridized carbons (Fsp3) is 0.706. The van der Waals surface area contributed by atoms with Gasteiger partial charge in [0.2, 0.25) is 11.8 Å². The molecule has 0 atom stereocenters. The minimum atomic E-state index is -0.247. The molecule has 4 nitrogen and oxygen atoms in total. The third-order valence-electron chi connectivity index (χ3n) is 3.80. The molecule has 0 radical (unpaired) electrons. The quantitative estimate of drug-likeness (QED) is 0.346. The van der Waals surface area contributed by atoms with Crippen molar-refractivity contribution in [2.75, 3.05) is 0 Å². The zero-order chi connectivity index (χ0) is 15.5. The van der Waals surface area contributed by atoms with Crippen molar-refractivity contribution in [3.63, 3.8) is 0 Å². The first-order valence-electron chi connectivity index (χ1n) is 8.16. The van der Waals surface area contributed by atoms with Crippen LogP contribution < -0.4 is 0 Å². The standard InChI is InChI=1S/C17H26N2O2/c1-2-3-4-5-6-7-8-9-10-11-15(14-18)19-16(20)12-13-17(19)21/h11H,2-10,12-13H2,1H3/b15-11+. The normalized spacial score (nSPS) is 15.6. The lowest BCUT2D eigenvalue weighted by Crippen LogP contribution is -2.27. The lowest BCUT2D eigenvalue weighted by molar-refractivity contribution is -0.135. The maximum atomic E-state index is 11.6. The van der Waals surface area contributed by atoms with E-state index in [9.17, 15) is 9.59 Å². The van der Waals surface area contributed by atoms with Gasteiger partial charge in [-0.3, -0.25) is 9.59 Å². The lowest BCUT2D eigenvalue weighted by atomic mass is 10.1. The second kappa shape index (κ2) is 10.1. The number of carbonyl (C=O) groups is 2. The van der Waals surface area contributed by atoms with Crippen molar-refractivity contribution in [3.8, 4) is 6.07 Å². The zero-order valence-corrected chi connectivity index (χ0v) is 13.1. The highest BCUT2D eigenvalue weighted by Crippen LogP contribution is 2.18. The number of hydrogen-bond acceptors (Lipinski definition) is 3. The Morgan fingerprint density at radius 3 is 2.10 bits per heavy atom. The van der Waals surface area contributed by atoms with E-state index in [1.807, 2.05) is 6.07 Å². The summed E-state index contributed by atoms with van der Waals surface area (Å²) in [5, 5.41) is 9.08. The average molecular weight is 290 g/mol. The Labute approximate surface area is 127 Å². The van der Waals surface area contributed by atoms with Crippen molar-refractivity contribution in [1.82, 2.24) is 4.90 Å². The molecule has 1 heterocycles. The average Bonchev–Trinajstić information content (AvgIpc) is 2.81. The maximum Gasteiger partial charge on any atom is 0.234 e. The van der Waals surface area contributed by atoms with Gasteiger partial charge in [-0.2, -0.15) is 5.26 Å². The fourth-order valence-electron chi connectivity index (χ4n) is 2.55. The van der Waals surface area contributed by atoms with Gasteiger partial charge in [-0.25, -0.2) is 4.90 Å². The fourth-order valence-corrected chi connectivity index (χ4v) is 2.55. The molecule has 0 aromatic rings. The Kier molecular flexibility index (Phi) is 8.42. The van der Waals surface area contributed by atoms with Crippen molar-refractivity contribution < 1.29 is 9.59 Å². The van der Waals surface area contributed by atoms with E-state index in [0.717, 1.165) is 24.2 Å². The molecule has 1 saturated heterocycles. The smallest absolute Gasteiger partial charge is 0.234 e. The molecule has 1 rings (SSSR count). The highest BCUT2D eigenvalue weighted by atomic mass is 16.2. The summed E-state index contributed by atoms with van der Waals surface area (Å²) in [5.74, 6) is -0.493. The number of amides is 2. The van der Waals surface area contributed by atoms with Crippen LogP contribution in [-0.4, -0.2) is 16.7 Å². The number of carbonyl (C=O) groups excluding carboxylic acids is 2. The van der Waals surface area contributed by atoms with Crippen LogP contribution in [0.3, 0.4) is 0 Å². The van der Waals surface area contributed by atoms with Gasteiger partial charge in [0.1, 0.15) is 11.8 Å². The van der Waals surface area contributed by atoms with Crippen LogP contribution in [0.25, 0.3) is 0 Å². The number of imide groups is 1. The monoisotopic (exact) mass is 290 g/mol. The Bertz CT molecular complexity index is 405. The molecule has 1 fully saturated rings. The molecule has 0 bridgehead atoms. The van der Waals surface area contributed by atoms with Crippen LogP contribution in [0, 0.1) is 11.3 Å². The minimum absolute atomic E-state index is 0.213. The van der Waals surface area contributed by atoms with Gasteiger partial charge in [-0.05, 0) is 18.9 Å². The maximum absolute atomic E-state index is 11.6. The molecule has 0 saturated carbocycles. The van der Waals surface area contributed by atoms with E-state index in [2.05, 4.69) is 6.92 Å². The third kappa shape index (κ3) is 6.12. The Morgan fingerprint density at radius 2 is 1.57 bits per heavy atom. The first-order valence-corrected chi connectivity index (χ1v) is 8.16. The summed E-state index contributed by atoms with van der Waals surface area (Å²) in [4.78, 5) is 24.2. The van der Waals surface area contributed by atoms with Crippen LogP contribution in [0.15, 0.2) is 11.8 Å². The second-order valence-corrected chi connectivity index (χ2v) is 5.59. The van der Waals surface area contributed by atoms with E-state index in [0.29, 0.717) is 0 Å².